The minimum absolute atomic E-state index is 0.875. The highest BCUT2D eigenvalue weighted by molar-refractivity contribution is 6.17. The van der Waals surface area contributed by atoms with E-state index in [1.807, 2.05) is 0 Å². The lowest BCUT2D eigenvalue weighted by Gasteiger charge is -2.32. The van der Waals surface area contributed by atoms with E-state index in [9.17, 15) is 0 Å². The van der Waals surface area contributed by atoms with Gasteiger partial charge in [0, 0.05) is 32.7 Å². The summed E-state index contributed by atoms with van der Waals surface area (Å²) in [6, 6.07) is 74.0. The van der Waals surface area contributed by atoms with Crippen LogP contribution in [-0.2, 0) is 0 Å². The first-order chi connectivity index (χ1) is 27.3. The molecule has 9 aromatic carbocycles. The molecule has 11 rings (SSSR count). The molecule has 11 aromatic rings. The molecule has 3 heteroatoms. The molecule has 2 heterocycles. The lowest BCUT2D eigenvalue weighted by molar-refractivity contribution is 0.669. The number of benzene rings is 9. The Morgan fingerprint density at radius 1 is 0.364 bits per heavy atom. The van der Waals surface area contributed by atoms with Gasteiger partial charge in [0.05, 0.1) is 33.8 Å². The molecular formula is C52H34N2O. The van der Waals surface area contributed by atoms with Crippen molar-refractivity contribution in [2.75, 3.05) is 4.90 Å². The van der Waals surface area contributed by atoms with E-state index in [-0.39, 0.29) is 0 Å². The van der Waals surface area contributed by atoms with Gasteiger partial charge in [0.25, 0.3) is 0 Å². The predicted octanol–water partition coefficient (Wildman–Crippen LogP) is 14.6. The van der Waals surface area contributed by atoms with E-state index in [0.717, 1.165) is 66.9 Å². The molecule has 0 aliphatic carbocycles. The Kier molecular flexibility index (Phi) is 7.17. The van der Waals surface area contributed by atoms with Crippen molar-refractivity contribution in [3.05, 3.63) is 206 Å². The van der Waals surface area contributed by atoms with Gasteiger partial charge in [-0.3, -0.25) is 0 Å². The van der Waals surface area contributed by atoms with Gasteiger partial charge >= 0.3 is 0 Å². The summed E-state index contributed by atoms with van der Waals surface area (Å²) in [5.41, 5.74) is 13.0. The monoisotopic (exact) mass is 702 g/mol. The van der Waals surface area contributed by atoms with Crippen molar-refractivity contribution in [2.24, 2.45) is 0 Å². The Hall–Kier alpha value is -7.36. The first-order valence-corrected chi connectivity index (χ1v) is 18.8. The minimum atomic E-state index is 0.875. The molecular weight excluding hydrogens is 669 g/mol. The van der Waals surface area contributed by atoms with Gasteiger partial charge in [-0.25, -0.2) is 0 Å². The zero-order valence-electron chi connectivity index (χ0n) is 29.9. The Morgan fingerprint density at radius 3 is 1.65 bits per heavy atom. The average molecular weight is 703 g/mol. The van der Waals surface area contributed by atoms with Crippen LogP contribution in [0.4, 0.5) is 17.1 Å². The highest BCUT2D eigenvalue weighted by atomic mass is 16.3. The number of anilines is 3. The standard InChI is InChI=1S/C52H34N2O/c1-2-17-35(18-3-1)38-21-6-10-26-44(38)53(48-30-14-15-31-49(48)54-45-27-11-7-22-39(45)40-23-8-12-28-46(40)54)47-29-13-9-24-41(47)42-25-16-32-50-52(42)43-33-36-19-4-5-20-37(36)34-51(43)55-50/h1-34H. The van der Waals surface area contributed by atoms with Crippen LogP contribution in [0.1, 0.15) is 0 Å². The fraction of sp³-hybridized carbons (Fsp3) is 0. The average Bonchev–Trinajstić information content (AvgIpc) is 3.79. The maximum absolute atomic E-state index is 6.60. The van der Waals surface area contributed by atoms with Crippen molar-refractivity contribution in [2.45, 2.75) is 0 Å². The summed E-state index contributed by atoms with van der Waals surface area (Å²) in [6.07, 6.45) is 0. The van der Waals surface area contributed by atoms with Crippen molar-refractivity contribution in [3.8, 4) is 27.9 Å². The van der Waals surface area contributed by atoms with Crippen molar-refractivity contribution in [1.29, 1.82) is 0 Å². The van der Waals surface area contributed by atoms with Crippen molar-refractivity contribution >= 4 is 71.6 Å². The van der Waals surface area contributed by atoms with Crippen LogP contribution < -0.4 is 4.90 Å². The molecule has 258 valence electrons. The van der Waals surface area contributed by atoms with Crippen LogP contribution in [-0.4, -0.2) is 4.57 Å². The SMILES string of the molecule is c1ccc(-c2ccccc2N(c2ccccc2-c2cccc3oc4cc5ccccc5cc4c23)c2ccccc2-n2c3ccccc3c3ccccc32)cc1. The van der Waals surface area contributed by atoms with Crippen LogP contribution in [0.5, 0.6) is 0 Å². The summed E-state index contributed by atoms with van der Waals surface area (Å²) < 4.78 is 9.03. The number of fused-ring (bicyclic) bond motifs is 7. The van der Waals surface area contributed by atoms with Crippen LogP contribution in [0.15, 0.2) is 211 Å². The highest BCUT2D eigenvalue weighted by Crippen LogP contribution is 2.49. The number of hydrogen-bond donors (Lipinski definition) is 0. The van der Waals surface area contributed by atoms with Crippen LogP contribution in [0.25, 0.3) is 82.5 Å². The molecule has 0 bridgehead atoms. The lowest BCUT2D eigenvalue weighted by atomic mass is 9.95. The van der Waals surface area contributed by atoms with Crippen LogP contribution in [0, 0.1) is 0 Å². The van der Waals surface area contributed by atoms with E-state index in [1.54, 1.807) is 0 Å². The fourth-order valence-electron chi connectivity index (χ4n) is 8.58. The van der Waals surface area contributed by atoms with Gasteiger partial charge in [0.15, 0.2) is 0 Å². The molecule has 0 amide bonds. The van der Waals surface area contributed by atoms with Gasteiger partial charge in [-0.2, -0.15) is 0 Å². The third-order valence-corrected chi connectivity index (χ3v) is 11.0. The maximum Gasteiger partial charge on any atom is 0.136 e. The number of nitrogens with zero attached hydrogens (tertiary/aromatic N) is 2. The third-order valence-electron chi connectivity index (χ3n) is 11.0. The van der Waals surface area contributed by atoms with Crippen LogP contribution in [0.2, 0.25) is 0 Å². The zero-order chi connectivity index (χ0) is 36.3. The highest BCUT2D eigenvalue weighted by Gasteiger charge is 2.25. The maximum atomic E-state index is 6.60. The molecule has 0 spiro atoms. The molecule has 3 nitrogen and oxygen atoms in total. The first kappa shape index (κ1) is 31.2. The molecule has 0 saturated heterocycles. The molecule has 0 aliphatic rings. The molecule has 0 radical (unpaired) electrons. The Bertz CT molecular complexity index is 3170. The van der Waals surface area contributed by atoms with E-state index < -0.39 is 0 Å². The Balaban J connectivity index is 1.23. The van der Waals surface area contributed by atoms with E-state index in [4.69, 9.17) is 4.42 Å². The zero-order valence-corrected chi connectivity index (χ0v) is 29.9. The van der Waals surface area contributed by atoms with Crippen LogP contribution in [0.3, 0.4) is 0 Å². The van der Waals surface area contributed by atoms with E-state index in [1.165, 1.54) is 32.6 Å². The second-order valence-electron chi connectivity index (χ2n) is 14.1. The van der Waals surface area contributed by atoms with E-state index in [2.05, 4.69) is 216 Å². The van der Waals surface area contributed by atoms with E-state index >= 15 is 0 Å². The van der Waals surface area contributed by atoms with Crippen molar-refractivity contribution in [3.63, 3.8) is 0 Å². The molecule has 0 saturated carbocycles. The lowest BCUT2D eigenvalue weighted by Crippen LogP contribution is -2.15. The quantitative estimate of drug-likeness (QED) is 0.172. The molecule has 2 aromatic heterocycles. The molecule has 0 N–H and O–H groups in total. The number of hydrogen-bond acceptors (Lipinski definition) is 2. The molecule has 55 heavy (non-hydrogen) atoms. The van der Waals surface area contributed by atoms with Gasteiger partial charge in [-0.05, 0) is 76.5 Å². The number of furan rings is 1. The summed E-state index contributed by atoms with van der Waals surface area (Å²) >= 11 is 0. The second-order valence-corrected chi connectivity index (χ2v) is 14.1. The summed E-state index contributed by atoms with van der Waals surface area (Å²) in [6.45, 7) is 0. The molecule has 0 aliphatic heterocycles. The smallest absolute Gasteiger partial charge is 0.136 e. The number of rotatable bonds is 6. The van der Waals surface area contributed by atoms with Gasteiger partial charge in [0.1, 0.15) is 11.2 Å². The van der Waals surface area contributed by atoms with Crippen molar-refractivity contribution in [1.82, 2.24) is 4.57 Å². The largest absolute Gasteiger partial charge is 0.456 e. The minimum Gasteiger partial charge on any atom is -0.456 e. The summed E-state index contributed by atoms with van der Waals surface area (Å²) in [5.74, 6) is 0. The van der Waals surface area contributed by atoms with Crippen LogP contribution >= 0.6 is 0 Å². The predicted molar refractivity (Wildman–Crippen MR) is 231 cm³/mol. The van der Waals surface area contributed by atoms with Gasteiger partial charge < -0.3 is 13.9 Å². The Labute approximate surface area is 318 Å². The van der Waals surface area contributed by atoms with Gasteiger partial charge in [-0.1, -0.05) is 152 Å². The summed E-state index contributed by atoms with van der Waals surface area (Å²) in [7, 11) is 0. The number of aromatic nitrogens is 1. The normalized spacial score (nSPS) is 11.6. The molecule has 0 atom stereocenters. The van der Waals surface area contributed by atoms with Gasteiger partial charge in [-0.15, -0.1) is 0 Å². The third kappa shape index (κ3) is 4.98. The first-order valence-electron chi connectivity index (χ1n) is 18.8. The van der Waals surface area contributed by atoms with E-state index in [0.29, 0.717) is 0 Å². The Morgan fingerprint density at radius 2 is 0.909 bits per heavy atom. The van der Waals surface area contributed by atoms with Crippen molar-refractivity contribution < 1.29 is 4.42 Å². The summed E-state index contributed by atoms with van der Waals surface area (Å²) in [4.78, 5) is 2.47. The molecule has 0 fully saturated rings. The topological polar surface area (TPSA) is 21.3 Å². The summed E-state index contributed by atoms with van der Waals surface area (Å²) in [5, 5.41) is 7.05. The van der Waals surface area contributed by atoms with Gasteiger partial charge in [0.2, 0.25) is 0 Å². The molecule has 0 unspecified atom stereocenters. The number of para-hydroxylation sites is 6. The second kappa shape index (κ2) is 12.6. The fourth-order valence-corrected chi connectivity index (χ4v) is 8.58.